The van der Waals surface area contributed by atoms with E-state index < -0.39 is 4.92 Å². The predicted octanol–water partition coefficient (Wildman–Crippen LogP) is 6.67. The molecule has 0 aliphatic carbocycles. The molecule has 0 radical (unpaired) electrons. The Morgan fingerprint density at radius 1 is 0.906 bits per heavy atom. The standard InChI is InChI=1S/C23H17ClN4O4/c1-15-13-19(11-12-20(15)24)32-23-21(28(29)30)22(25-14-26-23)27-16-7-9-18(10-8-16)31-17-5-3-2-4-6-17/h2-14H,1H3,(H,25,26,27). The molecule has 0 atom stereocenters. The summed E-state index contributed by atoms with van der Waals surface area (Å²) in [6, 6.07) is 21.2. The van der Waals surface area contributed by atoms with Crippen LogP contribution in [0.4, 0.5) is 17.2 Å². The van der Waals surface area contributed by atoms with Crippen LogP contribution in [0.5, 0.6) is 23.1 Å². The van der Waals surface area contributed by atoms with Crippen LogP contribution in [0.25, 0.3) is 0 Å². The van der Waals surface area contributed by atoms with Crippen LogP contribution in [-0.4, -0.2) is 14.9 Å². The molecule has 9 heteroatoms. The van der Waals surface area contributed by atoms with Gasteiger partial charge in [-0.1, -0.05) is 29.8 Å². The average molecular weight is 449 g/mol. The third-order valence-corrected chi connectivity index (χ3v) is 4.84. The van der Waals surface area contributed by atoms with Crippen molar-refractivity contribution in [3.63, 3.8) is 0 Å². The van der Waals surface area contributed by atoms with Crippen molar-refractivity contribution in [1.82, 2.24) is 9.97 Å². The third kappa shape index (κ3) is 4.93. The molecule has 8 nitrogen and oxygen atoms in total. The van der Waals surface area contributed by atoms with Gasteiger partial charge in [0, 0.05) is 10.7 Å². The van der Waals surface area contributed by atoms with Crippen molar-refractivity contribution in [3.05, 3.63) is 99.8 Å². The van der Waals surface area contributed by atoms with Crippen molar-refractivity contribution in [2.45, 2.75) is 6.92 Å². The average Bonchev–Trinajstić information content (AvgIpc) is 2.78. The zero-order chi connectivity index (χ0) is 22.5. The van der Waals surface area contributed by atoms with Crippen molar-refractivity contribution in [2.75, 3.05) is 5.32 Å². The lowest BCUT2D eigenvalue weighted by atomic mass is 10.2. The maximum absolute atomic E-state index is 11.8. The van der Waals surface area contributed by atoms with Gasteiger partial charge in [-0.05, 0) is 67.1 Å². The summed E-state index contributed by atoms with van der Waals surface area (Å²) in [5, 5.41) is 15.3. The number of aromatic nitrogens is 2. The Morgan fingerprint density at radius 2 is 1.59 bits per heavy atom. The Kier molecular flexibility index (Phi) is 6.14. The molecule has 1 heterocycles. The van der Waals surface area contributed by atoms with Crippen molar-refractivity contribution < 1.29 is 14.4 Å². The summed E-state index contributed by atoms with van der Waals surface area (Å²) < 4.78 is 11.4. The number of aryl methyl sites for hydroxylation is 1. The Labute approximate surface area is 188 Å². The highest BCUT2D eigenvalue weighted by atomic mass is 35.5. The van der Waals surface area contributed by atoms with E-state index >= 15 is 0 Å². The molecule has 4 rings (SSSR count). The van der Waals surface area contributed by atoms with Crippen LogP contribution in [0.15, 0.2) is 79.1 Å². The van der Waals surface area contributed by atoms with E-state index in [1.54, 1.807) is 42.5 Å². The summed E-state index contributed by atoms with van der Waals surface area (Å²) in [5.41, 5.74) is 0.974. The van der Waals surface area contributed by atoms with Gasteiger partial charge < -0.3 is 14.8 Å². The Balaban J connectivity index is 1.56. The Morgan fingerprint density at radius 3 is 2.28 bits per heavy atom. The molecule has 0 amide bonds. The number of hydrogen-bond acceptors (Lipinski definition) is 7. The zero-order valence-electron chi connectivity index (χ0n) is 16.9. The van der Waals surface area contributed by atoms with Crippen LogP contribution < -0.4 is 14.8 Å². The molecule has 160 valence electrons. The largest absolute Gasteiger partial charge is 0.457 e. The number of benzene rings is 3. The maximum Gasteiger partial charge on any atom is 0.373 e. The summed E-state index contributed by atoms with van der Waals surface area (Å²) in [6.07, 6.45) is 1.19. The summed E-state index contributed by atoms with van der Waals surface area (Å²) in [5.74, 6) is 1.53. The second-order valence-corrected chi connectivity index (χ2v) is 7.12. The van der Waals surface area contributed by atoms with Crippen molar-refractivity contribution in [1.29, 1.82) is 0 Å². The fourth-order valence-electron chi connectivity index (χ4n) is 2.85. The van der Waals surface area contributed by atoms with Crippen LogP contribution in [0.1, 0.15) is 5.56 Å². The number of halogens is 1. The fraction of sp³-hybridized carbons (Fsp3) is 0.0435. The van der Waals surface area contributed by atoms with E-state index in [-0.39, 0.29) is 17.4 Å². The van der Waals surface area contributed by atoms with E-state index in [1.165, 1.54) is 6.33 Å². The van der Waals surface area contributed by atoms with Crippen LogP contribution in [0.2, 0.25) is 5.02 Å². The van der Waals surface area contributed by atoms with Crippen molar-refractivity contribution >= 4 is 28.8 Å². The normalized spacial score (nSPS) is 10.4. The van der Waals surface area contributed by atoms with E-state index in [9.17, 15) is 10.1 Å². The second kappa shape index (κ2) is 9.32. The first-order valence-electron chi connectivity index (χ1n) is 9.53. The van der Waals surface area contributed by atoms with Gasteiger partial charge in [-0.3, -0.25) is 10.1 Å². The molecule has 0 saturated heterocycles. The SMILES string of the molecule is Cc1cc(Oc2ncnc(Nc3ccc(Oc4ccccc4)cc3)c2[N+](=O)[O-])ccc1Cl. The summed E-state index contributed by atoms with van der Waals surface area (Å²) in [4.78, 5) is 19.1. The predicted molar refractivity (Wildman–Crippen MR) is 121 cm³/mol. The summed E-state index contributed by atoms with van der Waals surface area (Å²) in [6.45, 7) is 1.81. The topological polar surface area (TPSA) is 99.4 Å². The molecule has 0 bridgehead atoms. The molecule has 0 aliphatic heterocycles. The Bertz CT molecular complexity index is 1250. The lowest BCUT2D eigenvalue weighted by Gasteiger charge is -2.11. The van der Waals surface area contributed by atoms with Crippen molar-refractivity contribution in [2.24, 2.45) is 0 Å². The third-order valence-electron chi connectivity index (χ3n) is 4.41. The maximum atomic E-state index is 11.8. The molecular formula is C23H17ClN4O4. The minimum Gasteiger partial charge on any atom is -0.457 e. The first kappa shape index (κ1) is 21.1. The summed E-state index contributed by atoms with van der Waals surface area (Å²) >= 11 is 6.03. The van der Waals surface area contributed by atoms with Crippen LogP contribution >= 0.6 is 11.6 Å². The van der Waals surface area contributed by atoms with Crippen LogP contribution in [0, 0.1) is 17.0 Å². The van der Waals surface area contributed by atoms with E-state index in [0.29, 0.717) is 28.0 Å². The fourth-order valence-corrected chi connectivity index (χ4v) is 2.97. The zero-order valence-corrected chi connectivity index (χ0v) is 17.6. The lowest BCUT2D eigenvalue weighted by molar-refractivity contribution is -0.385. The number of nitrogens with one attached hydrogen (secondary N) is 1. The number of ether oxygens (including phenoxy) is 2. The monoisotopic (exact) mass is 448 g/mol. The molecule has 32 heavy (non-hydrogen) atoms. The summed E-state index contributed by atoms with van der Waals surface area (Å²) in [7, 11) is 0. The van der Waals surface area contributed by atoms with E-state index in [0.717, 1.165) is 5.56 Å². The first-order valence-corrected chi connectivity index (χ1v) is 9.91. The lowest BCUT2D eigenvalue weighted by Crippen LogP contribution is -2.03. The first-order chi connectivity index (χ1) is 15.5. The van der Waals surface area contributed by atoms with Crippen LogP contribution in [-0.2, 0) is 0 Å². The molecule has 0 saturated carbocycles. The van der Waals surface area contributed by atoms with E-state index in [4.69, 9.17) is 21.1 Å². The van der Waals surface area contributed by atoms with Gasteiger partial charge in [-0.25, -0.2) is 4.98 Å². The van der Waals surface area contributed by atoms with E-state index in [1.807, 2.05) is 37.3 Å². The Hall–Kier alpha value is -4.17. The van der Waals surface area contributed by atoms with Gasteiger partial charge in [0.2, 0.25) is 5.82 Å². The van der Waals surface area contributed by atoms with Gasteiger partial charge >= 0.3 is 11.6 Å². The molecule has 1 aromatic heterocycles. The molecule has 0 spiro atoms. The number of rotatable bonds is 7. The number of anilines is 2. The van der Waals surface area contributed by atoms with Gasteiger partial charge in [0.15, 0.2) is 0 Å². The molecule has 4 aromatic rings. The molecular weight excluding hydrogens is 432 g/mol. The van der Waals surface area contributed by atoms with Gasteiger partial charge in [0.1, 0.15) is 23.6 Å². The highest BCUT2D eigenvalue weighted by Gasteiger charge is 2.25. The minimum absolute atomic E-state index is 0.00223. The number of nitro groups is 1. The molecule has 0 fully saturated rings. The van der Waals surface area contributed by atoms with Gasteiger partial charge in [-0.2, -0.15) is 4.98 Å². The highest BCUT2D eigenvalue weighted by Crippen LogP contribution is 2.36. The highest BCUT2D eigenvalue weighted by molar-refractivity contribution is 6.31. The number of nitrogens with zero attached hydrogens (tertiary/aromatic N) is 3. The van der Waals surface area contributed by atoms with Crippen molar-refractivity contribution in [3.8, 4) is 23.1 Å². The molecule has 1 N–H and O–H groups in total. The van der Waals surface area contributed by atoms with Gasteiger partial charge in [0.05, 0.1) is 4.92 Å². The molecule has 3 aromatic carbocycles. The van der Waals surface area contributed by atoms with E-state index in [2.05, 4.69) is 15.3 Å². The quantitative estimate of drug-likeness (QED) is 0.249. The van der Waals surface area contributed by atoms with Gasteiger partial charge in [0.25, 0.3) is 0 Å². The smallest absolute Gasteiger partial charge is 0.373 e. The second-order valence-electron chi connectivity index (χ2n) is 6.71. The molecule has 0 unspecified atom stereocenters. The number of para-hydroxylation sites is 1. The minimum atomic E-state index is -0.590. The molecule has 0 aliphatic rings. The van der Waals surface area contributed by atoms with Gasteiger partial charge in [-0.15, -0.1) is 0 Å². The number of hydrogen-bond donors (Lipinski definition) is 1. The van der Waals surface area contributed by atoms with Crippen LogP contribution in [0.3, 0.4) is 0 Å².